The number of hydrogen-bond acceptors (Lipinski definition) is 5. The Balaban J connectivity index is 1.79. The first kappa shape index (κ1) is 15.3. The molecule has 116 valence electrons. The normalized spacial score (nSPS) is 14.9. The maximum Gasteiger partial charge on any atom is 0.452 e. The fraction of sp³-hybridized carbons (Fsp3) is 0.357. The van der Waals surface area contributed by atoms with Crippen LogP contribution in [-0.2, 0) is 4.89 Å². The molecular formula is C14H13BrClN3O3. The van der Waals surface area contributed by atoms with Gasteiger partial charge in [0.15, 0.2) is 0 Å². The highest BCUT2D eigenvalue weighted by Crippen LogP contribution is 2.33. The van der Waals surface area contributed by atoms with Crippen molar-refractivity contribution in [2.24, 2.45) is 0 Å². The van der Waals surface area contributed by atoms with Crippen molar-refractivity contribution in [3.8, 4) is 5.75 Å². The van der Waals surface area contributed by atoms with Gasteiger partial charge in [0.25, 0.3) is 0 Å². The number of halogens is 2. The van der Waals surface area contributed by atoms with Gasteiger partial charge in [-0.2, -0.15) is 0 Å². The lowest BCUT2D eigenvalue weighted by Gasteiger charge is -2.24. The van der Waals surface area contributed by atoms with Gasteiger partial charge in [0, 0.05) is 24.7 Å². The van der Waals surface area contributed by atoms with Crippen molar-refractivity contribution in [1.82, 2.24) is 14.9 Å². The summed E-state index contributed by atoms with van der Waals surface area (Å²) in [7, 11) is 0. The Morgan fingerprint density at radius 3 is 2.82 bits per heavy atom. The number of rotatable bonds is 2. The molecule has 2 heterocycles. The molecule has 2 aromatic rings. The van der Waals surface area contributed by atoms with Gasteiger partial charge < -0.3 is 4.90 Å². The zero-order chi connectivity index (χ0) is 15.5. The molecule has 3 rings (SSSR count). The van der Waals surface area contributed by atoms with E-state index in [1.807, 2.05) is 6.07 Å². The molecule has 0 atom stereocenters. The minimum absolute atomic E-state index is 0.0952. The van der Waals surface area contributed by atoms with E-state index in [1.54, 1.807) is 17.2 Å². The van der Waals surface area contributed by atoms with Gasteiger partial charge in [-0.05, 0) is 58.9 Å². The van der Waals surface area contributed by atoms with E-state index in [2.05, 4.69) is 25.9 Å². The van der Waals surface area contributed by atoms with Gasteiger partial charge in [-0.15, -0.1) is 0 Å². The number of hydrogen-bond donors (Lipinski definition) is 0. The third-order valence-electron chi connectivity index (χ3n) is 3.44. The van der Waals surface area contributed by atoms with Crippen molar-refractivity contribution in [3.05, 3.63) is 28.1 Å². The summed E-state index contributed by atoms with van der Waals surface area (Å²) in [5.41, 5.74) is 0.473. The molecule has 6 nitrogen and oxygen atoms in total. The fourth-order valence-electron chi connectivity index (χ4n) is 2.31. The molecule has 1 aromatic carbocycles. The first-order valence-electron chi connectivity index (χ1n) is 6.89. The van der Waals surface area contributed by atoms with Crippen LogP contribution in [0.1, 0.15) is 19.3 Å². The summed E-state index contributed by atoms with van der Waals surface area (Å²) in [5, 5.41) is 0.828. The molecule has 1 fully saturated rings. The predicted octanol–water partition coefficient (Wildman–Crippen LogP) is 3.96. The minimum atomic E-state index is -0.497. The zero-order valence-electron chi connectivity index (χ0n) is 11.6. The van der Waals surface area contributed by atoms with Gasteiger partial charge in [-0.1, -0.05) is 0 Å². The third kappa shape index (κ3) is 3.25. The number of piperidine rings is 1. The molecule has 0 unspecified atom stereocenters. The number of likely N-dealkylation sites (tertiary alicyclic amines) is 1. The summed E-state index contributed by atoms with van der Waals surface area (Å²) in [6.45, 7) is 1.37. The van der Waals surface area contributed by atoms with E-state index < -0.39 is 6.09 Å². The van der Waals surface area contributed by atoms with E-state index in [-0.39, 0.29) is 5.28 Å². The second-order valence-electron chi connectivity index (χ2n) is 4.93. The van der Waals surface area contributed by atoms with Crippen molar-refractivity contribution in [2.75, 3.05) is 13.1 Å². The molecule has 1 aliphatic rings. The van der Waals surface area contributed by atoms with Gasteiger partial charge >= 0.3 is 6.09 Å². The van der Waals surface area contributed by atoms with Crippen LogP contribution < -0.4 is 4.89 Å². The van der Waals surface area contributed by atoms with Gasteiger partial charge in [-0.25, -0.2) is 19.7 Å². The van der Waals surface area contributed by atoms with E-state index in [0.29, 0.717) is 28.8 Å². The molecule has 22 heavy (non-hydrogen) atoms. The van der Waals surface area contributed by atoms with E-state index in [0.717, 1.165) is 24.6 Å². The van der Waals surface area contributed by atoms with Gasteiger partial charge in [0.1, 0.15) is 5.52 Å². The second kappa shape index (κ2) is 6.66. The first-order chi connectivity index (χ1) is 10.6. The monoisotopic (exact) mass is 385 g/mol. The van der Waals surface area contributed by atoms with Gasteiger partial charge in [-0.3, -0.25) is 4.89 Å². The van der Waals surface area contributed by atoms with E-state index in [1.165, 1.54) is 0 Å². The van der Waals surface area contributed by atoms with Crippen LogP contribution in [0.25, 0.3) is 10.9 Å². The second-order valence-corrected chi connectivity index (χ2v) is 6.13. The SMILES string of the molecule is O=C(OOc1c(Br)ccc2cnc(Cl)nc12)N1CCCCC1. The van der Waals surface area contributed by atoms with Crippen molar-refractivity contribution < 1.29 is 14.6 Å². The van der Waals surface area contributed by atoms with Crippen LogP contribution in [0.4, 0.5) is 4.79 Å². The van der Waals surface area contributed by atoms with Crippen molar-refractivity contribution >= 4 is 44.5 Å². The molecule has 1 aromatic heterocycles. The number of aromatic nitrogens is 2. The Morgan fingerprint density at radius 2 is 2.05 bits per heavy atom. The number of fused-ring (bicyclic) bond motifs is 1. The highest BCUT2D eigenvalue weighted by molar-refractivity contribution is 9.10. The molecule has 1 amide bonds. The summed E-state index contributed by atoms with van der Waals surface area (Å²) in [4.78, 5) is 31.8. The quantitative estimate of drug-likeness (QED) is 0.444. The van der Waals surface area contributed by atoms with Gasteiger partial charge in [0.05, 0.1) is 4.47 Å². The van der Waals surface area contributed by atoms with Crippen LogP contribution in [0.5, 0.6) is 5.75 Å². The number of nitrogens with zero attached hydrogens (tertiary/aromatic N) is 3. The maximum absolute atomic E-state index is 12.0. The van der Waals surface area contributed by atoms with Crippen LogP contribution in [0, 0.1) is 0 Å². The minimum Gasteiger partial charge on any atom is -0.305 e. The number of carbonyl (C=O) groups is 1. The van der Waals surface area contributed by atoms with Crippen LogP contribution in [0.3, 0.4) is 0 Å². The third-order valence-corrected chi connectivity index (χ3v) is 4.25. The Hall–Kier alpha value is -1.60. The summed E-state index contributed by atoms with van der Waals surface area (Å²) in [6, 6.07) is 3.58. The Morgan fingerprint density at radius 1 is 1.27 bits per heavy atom. The molecule has 0 aliphatic carbocycles. The fourth-order valence-corrected chi connectivity index (χ4v) is 2.83. The van der Waals surface area contributed by atoms with Crippen LogP contribution in [-0.4, -0.2) is 34.1 Å². The molecule has 0 N–H and O–H groups in total. The maximum atomic E-state index is 12.0. The summed E-state index contributed by atoms with van der Waals surface area (Å²) in [5.74, 6) is 0.298. The van der Waals surface area contributed by atoms with Gasteiger partial charge in [0.2, 0.25) is 11.0 Å². The summed E-state index contributed by atoms with van der Waals surface area (Å²) >= 11 is 9.17. The molecule has 0 radical (unpaired) electrons. The molecule has 0 spiro atoms. The van der Waals surface area contributed by atoms with E-state index in [4.69, 9.17) is 21.4 Å². The lowest BCUT2D eigenvalue weighted by Crippen LogP contribution is -2.36. The molecule has 0 bridgehead atoms. The van der Waals surface area contributed by atoms with Crippen molar-refractivity contribution in [2.45, 2.75) is 19.3 Å². The molecule has 1 saturated heterocycles. The van der Waals surface area contributed by atoms with Crippen molar-refractivity contribution in [3.63, 3.8) is 0 Å². The first-order valence-corrected chi connectivity index (χ1v) is 8.06. The summed E-state index contributed by atoms with van der Waals surface area (Å²) < 4.78 is 0.612. The standard InChI is InChI=1S/C14H13BrClN3O3/c15-10-5-4-9-8-17-13(16)18-11(9)12(10)21-22-14(20)19-6-2-1-3-7-19/h4-5,8H,1-3,6-7H2. The Labute approximate surface area is 140 Å². The Kier molecular flexibility index (Phi) is 4.63. The smallest absolute Gasteiger partial charge is 0.305 e. The molecule has 1 aliphatic heterocycles. The predicted molar refractivity (Wildman–Crippen MR) is 84.8 cm³/mol. The largest absolute Gasteiger partial charge is 0.452 e. The lowest BCUT2D eigenvalue weighted by molar-refractivity contribution is -0.154. The van der Waals surface area contributed by atoms with Crippen LogP contribution in [0.2, 0.25) is 5.28 Å². The van der Waals surface area contributed by atoms with Crippen LogP contribution in [0.15, 0.2) is 22.8 Å². The molecule has 8 heteroatoms. The number of carbonyl (C=O) groups excluding carboxylic acids is 1. The van der Waals surface area contributed by atoms with Crippen LogP contribution >= 0.6 is 27.5 Å². The number of benzene rings is 1. The zero-order valence-corrected chi connectivity index (χ0v) is 13.9. The van der Waals surface area contributed by atoms with Crippen molar-refractivity contribution in [1.29, 1.82) is 0 Å². The summed E-state index contributed by atoms with van der Waals surface area (Å²) in [6.07, 6.45) is 4.18. The van der Waals surface area contributed by atoms with E-state index >= 15 is 0 Å². The average Bonchev–Trinajstić information content (AvgIpc) is 2.54. The Bertz CT molecular complexity index is 702. The highest BCUT2D eigenvalue weighted by atomic mass is 79.9. The highest BCUT2D eigenvalue weighted by Gasteiger charge is 2.20. The average molecular weight is 387 g/mol. The lowest BCUT2D eigenvalue weighted by atomic mass is 10.1. The molecular weight excluding hydrogens is 374 g/mol. The molecule has 0 saturated carbocycles. The number of amides is 1. The topological polar surface area (TPSA) is 64.5 Å². The van der Waals surface area contributed by atoms with E-state index in [9.17, 15) is 4.79 Å².